The molecule has 0 atom stereocenters. The molecule has 3 nitrogen and oxygen atoms in total. The molecule has 0 aliphatic rings. The van der Waals surface area contributed by atoms with Gasteiger partial charge in [0, 0.05) is 29.3 Å². The summed E-state index contributed by atoms with van der Waals surface area (Å²) in [6.07, 6.45) is 1.98. The highest BCUT2D eigenvalue weighted by molar-refractivity contribution is 5.93. The third-order valence-electron chi connectivity index (χ3n) is 2.81. The van der Waals surface area contributed by atoms with Crippen molar-refractivity contribution in [2.75, 3.05) is 0 Å². The summed E-state index contributed by atoms with van der Waals surface area (Å²) < 4.78 is 10.8. The number of benzene rings is 1. The van der Waals surface area contributed by atoms with Gasteiger partial charge < -0.3 is 8.83 Å². The quantitative estimate of drug-likeness (QED) is 0.630. The van der Waals surface area contributed by atoms with Crippen LogP contribution in [0.25, 0.3) is 21.9 Å². The van der Waals surface area contributed by atoms with Gasteiger partial charge in [0.05, 0.1) is 0 Å². The zero-order valence-corrected chi connectivity index (χ0v) is 9.53. The van der Waals surface area contributed by atoms with Gasteiger partial charge in [0.2, 0.25) is 0 Å². The fraction of sp³-hybridized carbons (Fsp3) is 0.214. The first-order valence-corrected chi connectivity index (χ1v) is 5.72. The Morgan fingerprint density at radius 2 is 1.82 bits per heavy atom. The van der Waals surface area contributed by atoms with Gasteiger partial charge in [-0.05, 0) is 24.6 Å². The molecule has 0 aliphatic heterocycles. The van der Waals surface area contributed by atoms with Crippen LogP contribution < -0.4 is 5.63 Å². The molecule has 0 spiro atoms. The topological polar surface area (TPSA) is 43.4 Å². The Kier molecular flexibility index (Phi) is 2.25. The van der Waals surface area contributed by atoms with Crippen molar-refractivity contribution in [3.8, 4) is 0 Å². The Balaban J connectivity index is 2.28. The summed E-state index contributed by atoms with van der Waals surface area (Å²) in [7, 11) is 0. The van der Waals surface area contributed by atoms with Crippen LogP contribution in [-0.4, -0.2) is 0 Å². The lowest BCUT2D eigenvalue weighted by Gasteiger charge is -1.94. The minimum atomic E-state index is -0.336. The van der Waals surface area contributed by atoms with E-state index >= 15 is 0 Å². The molecule has 0 unspecified atom stereocenters. The number of fused-ring (bicyclic) bond motifs is 2. The van der Waals surface area contributed by atoms with Crippen LogP contribution in [0.5, 0.6) is 0 Å². The van der Waals surface area contributed by atoms with Gasteiger partial charge in [0.15, 0.2) is 0 Å². The largest absolute Gasteiger partial charge is 0.461 e. The van der Waals surface area contributed by atoms with Crippen molar-refractivity contribution in [3.63, 3.8) is 0 Å². The summed E-state index contributed by atoms with van der Waals surface area (Å²) >= 11 is 0. The molecule has 86 valence electrons. The van der Waals surface area contributed by atoms with Gasteiger partial charge in [0.25, 0.3) is 0 Å². The van der Waals surface area contributed by atoms with E-state index in [2.05, 4.69) is 6.92 Å². The van der Waals surface area contributed by atoms with Crippen molar-refractivity contribution >= 4 is 21.9 Å². The number of rotatable bonds is 2. The summed E-state index contributed by atoms with van der Waals surface area (Å²) in [5, 5.41) is 1.97. The van der Waals surface area contributed by atoms with E-state index in [4.69, 9.17) is 8.83 Å². The molecule has 0 saturated heterocycles. The van der Waals surface area contributed by atoms with Crippen molar-refractivity contribution in [1.29, 1.82) is 0 Å². The fourth-order valence-electron chi connectivity index (χ4n) is 2.03. The first-order valence-electron chi connectivity index (χ1n) is 5.72. The second-order valence-electron chi connectivity index (χ2n) is 4.15. The monoisotopic (exact) mass is 228 g/mol. The summed E-state index contributed by atoms with van der Waals surface area (Å²) in [5.41, 5.74) is 1.01. The lowest BCUT2D eigenvalue weighted by Crippen LogP contribution is -1.93. The molecule has 0 saturated carbocycles. The highest BCUT2D eigenvalue weighted by atomic mass is 16.4. The Labute approximate surface area is 97.7 Å². The molecule has 3 heteroatoms. The van der Waals surface area contributed by atoms with Crippen LogP contribution in [0.3, 0.4) is 0 Å². The molecular weight excluding hydrogens is 216 g/mol. The van der Waals surface area contributed by atoms with Gasteiger partial charge in [-0.2, -0.15) is 0 Å². The number of furan rings is 1. The Hall–Kier alpha value is -2.03. The van der Waals surface area contributed by atoms with Gasteiger partial charge in [-0.15, -0.1) is 0 Å². The fourth-order valence-corrected chi connectivity index (χ4v) is 2.03. The second kappa shape index (κ2) is 3.77. The van der Waals surface area contributed by atoms with Gasteiger partial charge >= 0.3 is 5.63 Å². The first kappa shape index (κ1) is 10.1. The number of hydrogen-bond donors (Lipinski definition) is 0. The molecule has 17 heavy (non-hydrogen) atoms. The molecule has 2 heterocycles. The maximum atomic E-state index is 11.1. The van der Waals surface area contributed by atoms with Crippen LogP contribution in [0, 0.1) is 0 Å². The van der Waals surface area contributed by atoms with E-state index in [9.17, 15) is 4.79 Å². The molecule has 0 bridgehead atoms. The molecular formula is C14H12O3. The lowest BCUT2D eigenvalue weighted by atomic mass is 10.1. The highest BCUT2D eigenvalue weighted by Crippen LogP contribution is 2.25. The van der Waals surface area contributed by atoms with E-state index < -0.39 is 0 Å². The van der Waals surface area contributed by atoms with Crippen LogP contribution in [0.2, 0.25) is 0 Å². The zero-order chi connectivity index (χ0) is 11.8. The van der Waals surface area contributed by atoms with Gasteiger partial charge in [-0.1, -0.05) is 6.92 Å². The molecule has 0 N–H and O–H groups in total. The van der Waals surface area contributed by atoms with Crippen LogP contribution >= 0.6 is 0 Å². The predicted molar refractivity (Wildman–Crippen MR) is 66.3 cm³/mol. The average Bonchev–Trinajstić information content (AvgIpc) is 2.67. The van der Waals surface area contributed by atoms with Gasteiger partial charge in [-0.25, -0.2) is 4.79 Å². The van der Waals surface area contributed by atoms with E-state index in [0.717, 1.165) is 35.0 Å². The predicted octanol–water partition coefficient (Wildman–Crippen LogP) is 3.49. The SMILES string of the molecule is CCCc1cc2cc3ccc(=O)oc3cc2o1. The third kappa shape index (κ3) is 1.73. The number of aryl methyl sites for hydroxylation is 1. The summed E-state index contributed by atoms with van der Waals surface area (Å²) in [6.45, 7) is 2.11. The van der Waals surface area contributed by atoms with E-state index in [1.807, 2.05) is 12.1 Å². The van der Waals surface area contributed by atoms with Crippen molar-refractivity contribution in [3.05, 3.63) is 46.5 Å². The lowest BCUT2D eigenvalue weighted by molar-refractivity contribution is 0.540. The molecule has 0 amide bonds. The summed E-state index contributed by atoms with van der Waals surface area (Å²) in [5.74, 6) is 0.972. The molecule has 0 radical (unpaired) electrons. The van der Waals surface area contributed by atoms with E-state index in [0.29, 0.717) is 5.58 Å². The van der Waals surface area contributed by atoms with Crippen molar-refractivity contribution in [1.82, 2.24) is 0 Å². The van der Waals surface area contributed by atoms with Crippen molar-refractivity contribution < 1.29 is 8.83 Å². The smallest absolute Gasteiger partial charge is 0.336 e. The maximum absolute atomic E-state index is 11.1. The first-order chi connectivity index (χ1) is 8.26. The minimum Gasteiger partial charge on any atom is -0.461 e. The van der Waals surface area contributed by atoms with Crippen LogP contribution in [0.1, 0.15) is 19.1 Å². The maximum Gasteiger partial charge on any atom is 0.336 e. The van der Waals surface area contributed by atoms with Crippen LogP contribution in [-0.2, 0) is 6.42 Å². The van der Waals surface area contributed by atoms with Gasteiger partial charge in [-0.3, -0.25) is 0 Å². The number of hydrogen-bond acceptors (Lipinski definition) is 3. The molecule has 0 aliphatic carbocycles. The molecule has 1 aromatic carbocycles. The summed E-state index contributed by atoms with van der Waals surface area (Å²) in [4.78, 5) is 11.1. The standard InChI is InChI=1S/C14H12O3/c1-2-3-11-7-10-6-9-4-5-14(15)17-12(9)8-13(10)16-11/h4-8H,2-3H2,1H3. The Morgan fingerprint density at radius 3 is 2.65 bits per heavy atom. The van der Waals surface area contributed by atoms with Gasteiger partial charge in [0.1, 0.15) is 16.9 Å². The Bertz CT molecular complexity index is 734. The van der Waals surface area contributed by atoms with E-state index in [1.54, 1.807) is 12.1 Å². The highest BCUT2D eigenvalue weighted by Gasteiger charge is 2.06. The third-order valence-corrected chi connectivity index (χ3v) is 2.81. The Morgan fingerprint density at radius 1 is 1.00 bits per heavy atom. The van der Waals surface area contributed by atoms with Crippen molar-refractivity contribution in [2.24, 2.45) is 0 Å². The van der Waals surface area contributed by atoms with Crippen LogP contribution in [0.4, 0.5) is 0 Å². The zero-order valence-electron chi connectivity index (χ0n) is 9.53. The molecule has 0 fully saturated rings. The molecule has 3 aromatic rings. The normalized spacial score (nSPS) is 11.4. The average molecular weight is 228 g/mol. The van der Waals surface area contributed by atoms with Crippen LogP contribution in [0.15, 0.2) is 44.0 Å². The molecule has 2 aromatic heterocycles. The van der Waals surface area contributed by atoms with E-state index in [-0.39, 0.29) is 5.63 Å². The second-order valence-corrected chi connectivity index (χ2v) is 4.15. The minimum absolute atomic E-state index is 0.336. The van der Waals surface area contributed by atoms with Crippen molar-refractivity contribution in [2.45, 2.75) is 19.8 Å². The summed E-state index contributed by atoms with van der Waals surface area (Å²) in [6, 6.07) is 9.01. The van der Waals surface area contributed by atoms with E-state index in [1.165, 1.54) is 6.07 Å². The molecule has 3 rings (SSSR count).